The van der Waals surface area contributed by atoms with Gasteiger partial charge >= 0.3 is 17.9 Å². The first-order valence-electron chi connectivity index (χ1n) is 36.2. The van der Waals surface area contributed by atoms with Gasteiger partial charge in [-0.15, -0.1) is 0 Å². The van der Waals surface area contributed by atoms with Gasteiger partial charge in [0.1, 0.15) is 13.2 Å². The van der Waals surface area contributed by atoms with Crippen LogP contribution in [0.15, 0.2) is 12.2 Å². The maximum absolute atomic E-state index is 12.9. The third kappa shape index (κ3) is 66.8. The number of carbonyl (C=O) groups excluding carboxylic acids is 3. The van der Waals surface area contributed by atoms with Crippen LogP contribution in [0, 0.1) is 0 Å². The van der Waals surface area contributed by atoms with E-state index in [1.165, 1.54) is 315 Å². The summed E-state index contributed by atoms with van der Waals surface area (Å²) in [6.07, 6.45) is 82.8. The van der Waals surface area contributed by atoms with Gasteiger partial charge in [-0.25, -0.2) is 0 Å². The van der Waals surface area contributed by atoms with E-state index in [0.29, 0.717) is 19.3 Å². The standard InChI is InChI=1S/C73H140O6/c1-4-7-10-13-16-19-22-25-26-27-28-29-30-31-32-33-34-35-36-37-38-39-40-41-42-43-44-45-46-49-51-54-57-60-63-66-72(75)78-69-70(79-73(76)67-64-61-58-55-52-48-24-21-18-15-12-9-6-3)68-77-71(74)65-62-59-56-53-50-47-23-20-17-14-11-8-5-2/h21,24,70H,4-20,22-23,25-69H2,1-3H3/b24-21-. The highest BCUT2D eigenvalue weighted by atomic mass is 16.6. The molecule has 0 aliphatic carbocycles. The van der Waals surface area contributed by atoms with Crippen molar-refractivity contribution in [3.63, 3.8) is 0 Å². The Labute approximate surface area is 494 Å². The van der Waals surface area contributed by atoms with Gasteiger partial charge in [-0.05, 0) is 44.9 Å². The highest BCUT2D eigenvalue weighted by Crippen LogP contribution is 2.19. The molecule has 0 N–H and O–H groups in total. The lowest BCUT2D eigenvalue weighted by molar-refractivity contribution is -0.167. The molecule has 1 atom stereocenters. The smallest absolute Gasteiger partial charge is 0.306 e. The Kier molecular flexibility index (Phi) is 67.0. The van der Waals surface area contributed by atoms with Crippen molar-refractivity contribution in [2.24, 2.45) is 0 Å². The molecule has 0 spiro atoms. The monoisotopic (exact) mass is 1110 g/mol. The topological polar surface area (TPSA) is 78.9 Å². The first-order chi connectivity index (χ1) is 39.0. The molecule has 1 unspecified atom stereocenters. The number of carbonyl (C=O) groups is 3. The number of hydrogen-bond acceptors (Lipinski definition) is 6. The summed E-state index contributed by atoms with van der Waals surface area (Å²) in [5.74, 6) is -0.846. The van der Waals surface area contributed by atoms with Crippen molar-refractivity contribution in [3.8, 4) is 0 Å². The van der Waals surface area contributed by atoms with Gasteiger partial charge in [0.05, 0.1) is 0 Å². The third-order valence-electron chi connectivity index (χ3n) is 16.8. The van der Waals surface area contributed by atoms with Gasteiger partial charge in [0, 0.05) is 19.3 Å². The predicted octanol–water partition coefficient (Wildman–Crippen LogP) is 24.8. The third-order valence-corrected chi connectivity index (χ3v) is 16.8. The van der Waals surface area contributed by atoms with Crippen LogP contribution < -0.4 is 0 Å². The van der Waals surface area contributed by atoms with Crippen LogP contribution in [0.2, 0.25) is 0 Å². The molecule has 0 aromatic rings. The zero-order valence-corrected chi connectivity index (χ0v) is 53.9. The number of ether oxygens (including phenoxy) is 3. The van der Waals surface area contributed by atoms with Crippen molar-refractivity contribution in [3.05, 3.63) is 12.2 Å². The molecule has 0 saturated carbocycles. The van der Waals surface area contributed by atoms with Crippen molar-refractivity contribution < 1.29 is 28.6 Å². The van der Waals surface area contributed by atoms with Gasteiger partial charge in [0.15, 0.2) is 6.10 Å². The van der Waals surface area contributed by atoms with E-state index in [4.69, 9.17) is 14.2 Å². The van der Waals surface area contributed by atoms with Crippen molar-refractivity contribution >= 4 is 17.9 Å². The van der Waals surface area contributed by atoms with E-state index in [-0.39, 0.29) is 31.1 Å². The molecule has 0 amide bonds. The second-order valence-electron chi connectivity index (χ2n) is 24.9. The molecule has 0 aromatic carbocycles. The molecule has 6 heteroatoms. The molecule has 0 bridgehead atoms. The van der Waals surface area contributed by atoms with E-state index in [2.05, 4.69) is 32.9 Å². The number of unbranched alkanes of at least 4 members (excludes halogenated alkanes) is 55. The molecule has 0 aliphatic rings. The lowest BCUT2D eigenvalue weighted by atomic mass is 10.0. The Morgan fingerprint density at radius 1 is 0.241 bits per heavy atom. The number of rotatable bonds is 68. The minimum atomic E-state index is -0.770. The number of hydrogen-bond donors (Lipinski definition) is 0. The van der Waals surface area contributed by atoms with Crippen LogP contribution >= 0.6 is 0 Å². The molecule has 0 rings (SSSR count). The summed E-state index contributed by atoms with van der Waals surface area (Å²) in [6, 6.07) is 0. The van der Waals surface area contributed by atoms with Gasteiger partial charge in [-0.2, -0.15) is 0 Å². The van der Waals surface area contributed by atoms with E-state index in [0.717, 1.165) is 64.2 Å². The number of allylic oxidation sites excluding steroid dienone is 2. The van der Waals surface area contributed by atoms with Crippen molar-refractivity contribution in [2.75, 3.05) is 13.2 Å². The fourth-order valence-electron chi connectivity index (χ4n) is 11.3. The maximum Gasteiger partial charge on any atom is 0.306 e. The second-order valence-corrected chi connectivity index (χ2v) is 24.9. The molecule has 468 valence electrons. The summed E-state index contributed by atoms with van der Waals surface area (Å²) in [5, 5.41) is 0. The lowest BCUT2D eigenvalue weighted by Crippen LogP contribution is -2.30. The second kappa shape index (κ2) is 68.6. The Balaban J connectivity index is 3.98. The van der Waals surface area contributed by atoms with Crippen LogP contribution in [-0.4, -0.2) is 37.2 Å². The van der Waals surface area contributed by atoms with E-state index in [1.807, 2.05) is 0 Å². The van der Waals surface area contributed by atoms with Crippen LogP contribution in [0.4, 0.5) is 0 Å². The Hall–Kier alpha value is -1.85. The highest BCUT2D eigenvalue weighted by Gasteiger charge is 2.19. The average molecular weight is 1110 g/mol. The fraction of sp³-hybridized carbons (Fsp3) is 0.932. The van der Waals surface area contributed by atoms with Crippen LogP contribution in [0.1, 0.15) is 419 Å². The molecule has 0 aliphatic heterocycles. The van der Waals surface area contributed by atoms with E-state index in [1.54, 1.807) is 0 Å². The van der Waals surface area contributed by atoms with Gasteiger partial charge in [-0.1, -0.05) is 367 Å². The first-order valence-corrected chi connectivity index (χ1v) is 36.2. The van der Waals surface area contributed by atoms with Crippen LogP contribution in [0.3, 0.4) is 0 Å². The maximum atomic E-state index is 12.9. The van der Waals surface area contributed by atoms with E-state index < -0.39 is 6.10 Å². The SMILES string of the molecule is CCCCCC/C=C\CCCCCCCC(=O)OC(COC(=O)CCCCCCCCCCCCCCC)COC(=O)CCCCCCCCCCCCCCCCCCCCCCCCCCCCCCCCCCCCC. The molecular weight excluding hydrogens is 973 g/mol. The van der Waals surface area contributed by atoms with Gasteiger partial charge in [0.2, 0.25) is 0 Å². The average Bonchev–Trinajstić information content (AvgIpc) is 3.45. The summed E-state index contributed by atoms with van der Waals surface area (Å²) in [7, 11) is 0. The molecule has 79 heavy (non-hydrogen) atoms. The van der Waals surface area contributed by atoms with Crippen molar-refractivity contribution in [2.45, 2.75) is 425 Å². The molecule has 0 saturated heterocycles. The Bertz CT molecular complexity index is 1230. The van der Waals surface area contributed by atoms with Gasteiger partial charge < -0.3 is 14.2 Å². The Morgan fingerprint density at radius 2 is 0.418 bits per heavy atom. The normalized spacial score (nSPS) is 12.0. The zero-order valence-electron chi connectivity index (χ0n) is 53.9. The molecular formula is C73H140O6. The largest absolute Gasteiger partial charge is 0.462 e. The molecule has 0 aromatic heterocycles. The van der Waals surface area contributed by atoms with Crippen LogP contribution in [0.25, 0.3) is 0 Å². The zero-order chi connectivity index (χ0) is 57.1. The van der Waals surface area contributed by atoms with Gasteiger partial charge in [-0.3, -0.25) is 14.4 Å². The Morgan fingerprint density at radius 3 is 0.646 bits per heavy atom. The molecule has 6 nitrogen and oxygen atoms in total. The minimum absolute atomic E-state index is 0.0671. The fourth-order valence-corrected chi connectivity index (χ4v) is 11.3. The van der Waals surface area contributed by atoms with Gasteiger partial charge in [0.25, 0.3) is 0 Å². The summed E-state index contributed by atoms with van der Waals surface area (Å²) < 4.78 is 16.9. The summed E-state index contributed by atoms with van der Waals surface area (Å²) in [5.41, 5.74) is 0. The van der Waals surface area contributed by atoms with Crippen LogP contribution in [-0.2, 0) is 28.6 Å². The molecule has 0 heterocycles. The molecule has 0 fully saturated rings. The van der Waals surface area contributed by atoms with Crippen molar-refractivity contribution in [1.29, 1.82) is 0 Å². The predicted molar refractivity (Wildman–Crippen MR) is 344 cm³/mol. The van der Waals surface area contributed by atoms with Crippen LogP contribution in [0.5, 0.6) is 0 Å². The quantitative estimate of drug-likeness (QED) is 0.0261. The highest BCUT2D eigenvalue weighted by molar-refractivity contribution is 5.71. The first kappa shape index (κ1) is 77.2. The minimum Gasteiger partial charge on any atom is -0.462 e. The van der Waals surface area contributed by atoms with Crippen molar-refractivity contribution in [1.82, 2.24) is 0 Å². The number of esters is 3. The van der Waals surface area contributed by atoms with E-state index >= 15 is 0 Å². The molecule has 0 radical (unpaired) electrons. The lowest BCUT2D eigenvalue weighted by Gasteiger charge is -2.18. The summed E-state index contributed by atoms with van der Waals surface area (Å²) in [6.45, 7) is 6.69. The summed E-state index contributed by atoms with van der Waals surface area (Å²) >= 11 is 0. The van der Waals surface area contributed by atoms with E-state index in [9.17, 15) is 14.4 Å². The summed E-state index contributed by atoms with van der Waals surface area (Å²) in [4.78, 5) is 38.3.